The standard InChI is InChI=1S/C22H24N2O16/c25-13-1-2-14(26)23(13)11(7-17(29)30)21(35)39-9-19(33)37-5-6-38-20(34)10-40-22(36)12(8-18(31)32)24-15(27)3-4-16(24)28/h11-12H,1-10H2,(H,29,30)(H,31,32). The van der Waals surface area contributed by atoms with Crippen molar-refractivity contribution in [1.29, 1.82) is 0 Å². The SMILES string of the molecule is O=C(O)CC(C(=O)OCC(=O)OCCOC(=O)COC(=O)C(CC(=O)O)N1C(=O)CCC1=O)N1C(=O)CCC1=O. The number of carbonyl (C=O) groups is 10. The van der Waals surface area contributed by atoms with E-state index in [0.717, 1.165) is 0 Å². The molecule has 18 nitrogen and oxygen atoms in total. The Kier molecular flexibility index (Phi) is 11.2. The molecule has 18 heteroatoms. The summed E-state index contributed by atoms with van der Waals surface area (Å²) in [6.45, 7) is -3.16. The highest BCUT2D eigenvalue weighted by molar-refractivity contribution is 6.06. The average Bonchev–Trinajstić information content (AvgIpc) is 3.39. The maximum atomic E-state index is 12.2. The summed E-state index contributed by atoms with van der Waals surface area (Å²) >= 11 is 0. The summed E-state index contributed by atoms with van der Waals surface area (Å²) in [5.41, 5.74) is 0. The lowest BCUT2D eigenvalue weighted by molar-refractivity contribution is -0.169. The largest absolute Gasteiger partial charge is 0.481 e. The normalized spacial score (nSPS) is 16.4. The minimum Gasteiger partial charge on any atom is -0.481 e. The van der Waals surface area contributed by atoms with Gasteiger partial charge in [-0.2, -0.15) is 0 Å². The van der Waals surface area contributed by atoms with E-state index in [2.05, 4.69) is 18.9 Å². The molecule has 2 heterocycles. The van der Waals surface area contributed by atoms with E-state index in [1.54, 1.807) is 0 Å². The van der Waals surface area contributed by atoms with Gasteiger partial charge in [0, 0.05) is 25.7 Å². The lowest BCUT2D eigenvalue weighted by Gasteiger charge is -2.23. The minimum atomic E-state index is -1.77. The molecule has 40 heavy (non-hydrogen) atoms. The summed E-state index contributed by atoms with van der Waals surface area (Å²) < 4.78 is 18.6. The van der Waals surface area contributed by atoms with Crippen LogP contribution in [0.1, 0.15) is 38.5 Å². The molecular formula is C22H24N2O16. The second-order valence-corrected chi connectivity index (χ2v) is 8.20. The number of hydrogen-bond donors (Lipinski definition) is 2. The summed E-state index contributed by atoms with van der Waals surface area (Å²) in [7, 11) is 0. The fraction of sp³-hybridized carbons (Fsp3) is 0.545. The minimum absolute atomic E-state index is 0.205. The van der Waals surface area contributed by atoms with Crippen molar-refractivity contribution in [1.82, 2.24) is 9.80 Å². The Bertz CT molecular complexity index is 996. The van der Waals surface area contributed by atoms with Crippen LogP contribution in [0, 0.1) is 0 Å². The van der Waals surface area contributed by atoms with Gasteiger partial charge >= 0.3 is 35.8 Å². The van der Waals surface area contributed by atoms with Gasteiger partial charge in [-0.25, -0.2) is 19.2 Å². The third-order valence-corrected chi connectivity index (χ3v) is 5.36. The molecule has 0 spiro atoms. The molecule has 2 atom stereocenters. The number of ether oxygens (including phenoxy) is 4. The summed E-state index contributed by atoms with van der Waals surface area (Å²) in [4.78, 5) is 118. The maximum absolute atomic E-state index is 12.2. The Morgan fingerprint density at radius 1 is 0.575 bits per heavy atom. The fourth-order valence-corrected chi connectivity index (χ4v) is 3.62. The van der Waals surface area contributed by atoms with Crippen LogP contribution in [0.4, 0.5) is 0 Å². The zero-order chi connectivity index (χ0) is 30.0. The Labute approximate surface area is 224 Å². The lowest BCUT2D eigenvalue weighted by atomic mass is 10.2. The number of aliphatic carboxylic acids is 2. The van der Waals surface area contributed by atoms with Crippen LogP contribution in [0.5, 0.6) is 0 Å². The van der Waals surface area contributed by atoms with Crippen LogP contribution in [0.3, 0.4) is 0 Å². The maximum Gasteiger partial charge on any atom is 0.344 e. The van der Waals surface area contributed by atoms with Crippen LogP contribution >= 0.6 is 0 Å². The number of imide groups is 2. The number of rotatable bonds is 15. The van der Waals surface area contributed by atoms with Gasteiger partial charge in [-0.1, -0.05) is 0 Å². The summed E-state index contributed by atoms with van der Waals surface area (Å²) in [6, 6.07) is -3.54. The van der Waals surface area contributed by atoms with E-state index >= 15 is 0 Å². The van der Waals surface area contributed by atoms with Crippen molar-refractivity contribution < 1.29 is 77.1 Å². The van der Waals surface area contributed by atoms with Gasteiger partial charge in [-0.05, 0) is 0 Å². The number of hydrogen-bond acceptors (Lipinski definition) is 14. The van der Waals surface area contributed by atoms with Crippen molar-refractivity contribution >= 4 is 59.4 Å². The Hall–Kier alpha value is -4.90. The first-order valence-corrected chi connectivity index (χ1v) is 11.6. The van der Waals surface area contributed by atoms with Crippen LogP contribution in [-0.4, -0.2) is 118 Å². The lowest BCUT2D eigenvalue weighted by Crippen LogP contribution is -2.47. The molecule has 0 aliphatic carbocycles. The van der Waals surface area contributed by atoms with Crippen molar-refractivity contribution in [3.05, 3.63) is 0 Å². The number of likely N-dealkylation sites (tertiary alicyclic amines) is 2. The molecule has 0 aromatic rings. The highest BCUT2D eigenvalue weighted by atomic mass is 16.6. The Balaban J connectivity index is 1.73. The predicted octanol–water partition coefficient (Wildman–Crippen LogP) is -2.86. The molecule has 2 rings (SSSR count). The van der Waals surface area contributed by atoms with Gasteiger partial charge in [0.25, 0.3) is 0 Å². The van der Waals surface area contributed by atoms with Crippen LogP contribution in [0.25, 0.3) is 0 Å². The number of esters is 4. The first-order chi connectivity index (χ1) is 18.8. The summed E-state index contributed by atoms with van der Waals surface area (Å²) in [6.07, 6.45) is -2.70. The number of carboxylic acids is 2. The van der Waals surface area contributed by atoms with E-state index in [9.17, 15) is 47.9 Å². The molecule has 218 valence electrons. The number of carboxylic acid groups (broad SMARTS) is 2. The molecule has 4 amide bonds. The molecule has 2 aliphatic rings. The van der Waals surface area contributed by atoms with Gasteiger partial charge < -0.3 is 29.2 Å². The zero-order valence-corrected chi connectivity index (χ0v) is 20.7. The smallest absolute Gasteiger partial charge is 0.344 e. The Morgan fingerprint density at radius 2 is 0.875 bits per heavy atom. The molecule has 2 unspecified atom stereocenters. The van der Waals surface area contributed by atoms with Crippen molar-refractivity contribution in [2.24, 2.45) is 0 Å². The predicted molar refractivity (Wildman–Crippen MR) is 118 cm³/mol. The number of carbonyl (C=O) groups excluding carboxylic acids is 8. The van der Waals surface area contributed by atoms with Crippen LogP contribution in [0.2, 0.25) is 0 Å². The van der Waals surface area contributed by atoms with Crippen molar-refractivity contribution in [3.63, 3.8) is 0 Å². The van der Waals surface area contributed by atoms with Gasteiger partial charge in [0.2, 0.25) is 23.6 Å². The van der Waals surface area contributed by atoms with E-state index in [0.29, 0.717) is 9.80 Å². The first-order valence-electron chi connectivity index (χ1n) is 11.6. The second-order valence-electron chi connectivity index (χ2n) is 8.20. The number of amides is 4. The first kappa shape index (κ1) is 31.3. The van der Waals surface area contributed by atoms with Gasteiger partial charge in [0.05, 0.1) is 12.8 Å². The van der Waals surface area contributed by atoms with E-state index in [1.807, 2.05) is 0 Å². The van der Waals surface area contributed by atoms with E-state index in [1.165, 1.54) is 0 Å². The van der Waals surface area contributed by atoms with Gasteiger partial charge in [-0.3, -0.25) is 38.6 Å². The highest BCUT2D eigenvalue weighted by Crippen LogP contribution is 2.20. The highest BCUT2D eigenvalue weighted by Gasteiger charge is 2.42. The molecule has 2 N–H and O–H groups in total. The molecular weight excluding hydrogens is 548 g/mol. The average molecular weight is 572 g/mol. The monoisotopic (exact) mass is 572 g/mol. The van der Waals surface area contributed by atoms with Crippen LogP contribution < -0.4 is 0 Å². The van der Waals surface area contributed by atoms with Gasteiger partial charge in [0.15, 0.2) is 13.2 Å². The third kappa shape index (κ3) is 8.84. The molecule has 0 aromatic carbocycles. The molecule has 0 saturated carbocycles. The molecule has 0 radical (unpaired) electrons. The van der Waals surface area contributed by atoms with Gasteiger partial charge in [-0.15, -0.1) is 0 Å². The number of nitrogens with zero attached hydrogens (tertiary/aromatic N) is 2. The Morgan fingerprint density at radius 3 is 1.15 bits per heavy atom. The molecule has 0 aromatic heterocycles. The van der Waals surface area contributed by atoms with Crippen molar-refractivity contribution in [3.8, 4) is 0 Å². The zero-order valence-electron chi connectivity index (χ0n) is 20.7. The third-order valence-electron chi connectivity index (χ3n) is 5.36. The summed E-state index contributed by atoms with van der Waals surface area (Å²) in [5.74, 6) is -11.0. The molecule has 2 saturated heterocycles. The van der Waals surface area contributed by atoms with E-state index in [-0.39, 0.29) is 25.7 Å². The van der Waals surface area contributed by atoms with Crippen molar-refractivity contribution in [2.45, 2.75) is 50.6 Å². The van der Waals surface area contributed by atoms with E-state index in [4.69, 9.17) is 10.2 Å². The van der Waals surface area contributed by atoms with E-state index < -0.39 is 111 Å². The fourth-order valence-electron chi connectivity index (χ4n) is 3.62. The molecule has 2 fully saturated rings. The molecule has 0 bridgehead atoms. The second kappa shape index (κ2) is 14.3. The van der Waals surface area contributed by atoms with Crippen LogP contribution in [0.15, 0.2) is 0 Å². The summed E-state index contributed by atoms with van der Waals surface area (Å²) in [5, 5.41) is 17.9. The molecule has 2 aliphatic heterocycles. The van der Waals surface area contributed by atoms with Gasteiger partial charge in [0.1, 0.15) is 25.3 Å². The van der Waals surface area contributed by atoms with Crippen LogP contribution in [-0.2, 0) is 66.9 Å². The van der Waals surface area contributed by atoms with Crippen molar-refractivity contribution in [2.75, 3.05) is 26.4 Å². The topological polar surface area (TPSA) is 255 Å². The quantitative estimate of drug-likeness (QED) is 0.0866.